The quantitative estimate of drug-likeness (QED) is 0.639. The van der Waals surface area contributed by atoms with Crippen molar-refractivity contribution in [2.45, 2.75) is 6.92 Å². The van der Waals surface area contributed by atoms with E-state index in [1.165, 1.54) is 0 Å². The molecule has 5 heteroatoms. The van der Waals surface area contributed by atoms with E-state index in [-0.39, 0.29) is 4.99 Å². The molecule has 0 heterocycles. The Balaban J connectivity index is 2.71. The van der Waals surface area contributed by atoms with E-state index in [0.717, 1.165) is 11.5 Å². The lowest BCUT2D eigenvalue weighted by Crippen LogP contribution is -2.13. The zero-order valence-electron chi connectivity index (χ0n) is 9.03. The molecular weight excluding hydrogens is 262 g/mol. The first-order valence-electron chi connectivity index (χ1n) is 4.95. The van der Waals surface area contributed by atoms with Crippen LogP contribution >= 0.6 is 35.6 Å². The van der Waals surface area contributed by atoms with Crippen LogP contribution in [0, 0.1) is 0 Å². The van der Waals surface area contributed by atoms with E-state index in [1.54, 1.807) is 6.07 Å². The number of benzene rings is 1. The Labute approximate surface area is 110 Å². The van der Waals surface area contributed by atoms with Gasteiger partial charge >= 0.3 is 0 Å². The van der Waals surface area contributed by atoms with Crippen molar-refractivity contribution in [3.63, 3.8) is 0 Å². The van der Waals surface area contributed by atoms with Crippen LogP contribution in [0.2, 0.25) is 5.02 Å². The smallest absolute Gasteiger partial charge is 0.131 e. The molecule has 0 bridgehead atoms. The van der Waals surface area contributed by atoms with E-state index in [1.807, 2.05) is 23.9 Å². The summed E-state index contributed by atoms with van der Waals surface area (Å²) in [6.07, 6.45) is 0. The Morgan fingerprint density at radius 2 is 2.31 bits per heavy atom. The summed E-state index contributed by atoms with van der Waals surface area (Å²) in [7, 11) is 0. The molecule has 2 nitrogen and oxygen atoms in total. The zero-order valence-corrected chi connectivity index (χ0v) is 11.4. The molecule has 0 saturated carbocycles. The maximum absolute atomic E-state index is 6.01. The van der Waals surface area contributed by atoms with Crippen LogP contribution in [0.4, 0.5) is 0 Å². The zero-order chi connectivity index (χ0) is 12.0. The largest absolute Gasteiger partial charge is 0.492 e. The maximum Gasteiger partial charge on any atom is 0.131 e. The first-order valence-corrected chi connectivity index (χ1v) is 6.89. The van der Waals surface area contributed by atoms with Gasteiger partial charge in [-0.3, -0.25) is 0 Å². The number of thioether (sulfide) groups is 1. The highest BCUT2D eigenvalue weighted by Gasteiger charge is 2.10. The van der Waals surface area contributed by atoms with Gasteiger partial charge in [0.15, 0.2) is 0 Å². The molecule has 2 N–H and O–H groups in total. The van der Waals surface area contributed by atoms with Crippen LogP contribution in [-0.4, -0.2) is 23.1 Å². The van der Waals surface area contributed by atoms with Gasteiger partial charge in [0.05, 0.1) is 17.2 Å². The van der Waals surface area contributed by atoms with Crippen molar-refractivity contribution < 1.29 is 4.74 Å². The number of ether oxygens (including phenoxy) is 1. The molecule has 0 aliphatic heterocycles. The predicted octanol–water partition coefficient (Wildman–Crippen LogP) is 3.11. The highest BCUT2D eigenvalue weighted by Crippen LogP contribution is 2.26. The second kappa shape index (κ2) is 6.99. The van der Waals surface area contributed by atoms with Crippen LogP contribution in [0.15, 0.2) is 18.2 Å². The first-order chi connectivity index (χ1) is 7.66. The Hall–Kier alpha value is -0.450. The van der Waals surface area contributed by atoms with Gasteiger partial charge in [0, 0.05) is 5.75 Å². The lowest BCUT2D eigenvalue weighted by Gasteiger charge is -2.11. The molecule has 1 rings (SSSR count). The molecule has 0 fully saturated rings. The summed E-state index contributed by atoms with van der Waals surface area (Å²) in [4.78, 5) is 0.267. The summed E-state index contributed by atoms with van der Waals surface area (Å²) in [6.45, 7) is 2.75. The van der Waals surface area contributed by atoms with E-state index < -0.39 is 0 Å². The van der Waals surface area contributed by atoms with Crippen molar-refractivity contribution in [3.05, 3.63) is 28.8 Å². The molecule has 1 aromatic rings. The number of nitrogens with two attached hydrogens (primary N) is 1. The van der Waals surface area contributed by atoms with Crippen molar-refractivity contribution in [2.75, 3.05) is 18.1 Å². The molecule has 0 unspecified atom stereocenters. The molecule has 0 aliphatic rings. The van der Waals surface area contributed by atoms with Gasteiger partial charge in [0.25, 0.3) is 0 Å². The van der Waals surface area contributed by atoms with Crippen LogP contribution in [0.25, 0.3) is 0 Å². The van der Waals surface area contributed by atoms with E-state index in [9.17, 15) is 0 Å². The topological polar surface area (TPSA) is 35.2 Å². The predicted molar refractivity (Wildman–Crippen MR) is 75.8 cm³/mol. The minimum absolute atomic E-state index is 0.267. The average Bonchev–Trinajstić information content (AvgIpc) is 2.24. The summed E-state index contributed by atoms with van der Waals surface area (Å²) in [5, 5.41) is 0.535. The Morgan fingerprint density at radius 3 is 2.94 bits per heavy atom. The highest BCUT2D eigenvalue weighted by atomic mass is 35.5. The third kappa shape index (κ3) is 3.85. The fourth-order valence-corrected chi connectivity index (χ4v) is 2.24. The molecule has 0 aromatic heterocycles. The molecular formula is C11H14ClNOS2. The van der Waals surface area contributed by atoms with Gasteiger partial charge in [-0.05, 0) is 17.9 Å². The van der Waals surface area contributed by atoms with Gasteiger partial charge in [-0.25, -0.2) is 0 Å². The standard InChI is InChI=1S/C11H14ClNOS2/c1-2-16-7-6-14-9-5-3-4-8(12)10(9)11(13)15/h3-5H,2,6-7H2,1H3,(H2,13,15). The van der Waals surface area contributed by atoms with Crippen LogP contribution in [0.5, 0.6) is 5.75 Å². The second-order valence-corrected chi connectivity index (χ2v) is 5.26. The lowest BCUT2D eigenvalue weighted by atomic mass is 10.2. The molecule has 0 spiro atoms. The fraction of sp³-hybridized carbons (Fsp3) is 0.364. The maximum atomic E-state index is 6.01. The van der Waals surface area contributed by atoms with Crippen molar-refractivity contribution in [3.8, 4) is 5.75 Å². The molecule has 16 heavy (non-hydrogen) atoms. The highest BCUT2D eigenvalue weighted by molar-refractivity contribution is 7.99. The van der Waals surface area contributed by atoms with Crippen LogP contribution in [-0.2, 0) is 0 Å². The second-order valence-electron chi connectivity index (χ2n) is 3.02. The van der Waals surface area contributed by atoms with Gasteiger partial charge in [-0.15, -0.1) is 0 Å². The third-order valence-corrected chi connectivity index (χ3v) is 3.29. The normalized spacial score (nSPS) is 10.1. The summed E-state index contributed by atoms with van der Waals surface area (Å²) < 4.78 is 5.61. The van der Waals surface area contributed by atoms with Gasteiger partial charge in [0.1, 0.15) is 10.7 Å². The van der Waals surface area contributed by atoms with Crippen molar-refractivity contribution in [1.29, 1.82) is 0 Å². The molecule has 0 atom stereocenters. The minimum Gasteiger partial charge on any atom is -0.492 e. The van der Waals surface area contributed by atoms with E-state index in [4.69, 9.17) is 34.3 Å². The van der Waals surface area contributed by atoms with Gasteiger partial charge in [-0.2, -0.15) is 11.8 Å². The third-order valence-electron chi connectivity index (χ3n) is 1.91. The molecule has 0 aliphatic carbocycles. The summed E-state index contributed by atoms with van der Waals surface area (Å²) in [5.74, 6) is 2.69. The molecule has 0 radical (unpaired) electrons. The Morgan fingerprint density at radius 1 is 1.56 bits per heavy atom. The number of rotatable bonds is 6. The van der Waals surface area contributed by atoms with E-state index in [0.29, 0.717) is 22.9 Å². The fourth-order valence-electron chi connectivity index (χ4n) is 1.22. The number of hydrogen-bond donors (Lipinski definition) is 1. The minimum atomic E-state index is 0.267. The van der Waals surface area contributed by atoms with E-state index >= 15 is 0 Å². The molecule has 0 amide bonds. The van der Waals surface area contributed by atoms with Crippen LogP contribution in [0.3, 0.4) is 0 Å². The Kier molecular flexibility index (Phi) is 5.95. The van der Waals surface area contributed by atoms with Gasteiger partial charge < -0.3 is 10.5 Å². The van der Waals surface area contributed by atoms with Crippen molar-refractivity contribution in [2.24, 2.45) is 5.73 Å². The van der Waals surface area contributed by atoms with Gasteiger partial charge in [-0.1, -0.05) is 36.8 Å². The monoisotopic (exact) mass is 275 g/mol. The van der Waals surface area contributed by atoms with Gasteiger partial charge in [0.2, 0.25) is 0 Å². The number of hydrogen-bond acceptors (Lipinski definition) is 3. The van der Waals surface area contributed by atoms with Crippen LogP contribution in [0.1, 0.15) is 12.5 Å². The summed E-state index contributed by atoms with van der Waals surface area (Å²) in [5.41, 5.74) is 6.23. The summed E-state index contributed by atoms with van der Waals surface area (Å²) in [6, 6.07) is 5.41. The molecule has 1 aromatic carbocycles. The van der Waals surface area contributed by atoms with Crippen molar-refractivity contribution >= 4 is 40.6 Å². The molecule has 0 saturated heterocycles. The SMILES string of the molecule is CCSCCOc1cccc(Cl)c1C(N)=S. The average molecular weight is 276 g/mol. The Bertz CT molecular complexity index is 371. The lowest BCUT2D eigenvalue weighted by molar-refractivity contribution is 0.343. The first kappa shape index (κ1) is 13.6. The summed E-state index contributed by atoms with van der Waals surface area (Å²) >= 11 is 12.8. The van der Waals surface area contributed by atoms with Crippen LogP contribution < -0.4 is 10.5 Å². The number of thiocarbonyl (C=S) groups is 1. The number of halogens is 1. The van der Waals surface area contributed by atoms with E-state index in [2.05, 4.69) is 6.92 Å². The van der Waals surface area contributed by atoms with Crippen molar-refractivity contribution in [1.82, 2.24) is 0 Å². The molecule has 88 valence electrons.